The third-order valence-electron chi connectivity index (χ3n) is 2.00. The van der Waals surface area contributed by atoms with E-state index in [1.807, 2.05) is 0 Å². The first-order valence-corrected chi connectivity index (χ1v) is 4.30. The van der Waals surface area contributed by atoms with Crippen LogP contribution < -0.4 is 15.2 Å². The predicted octanol–water partition coefficient (Wildman–Crippen LogP) is 0.553. The van der Waals surface area contributed by atoms with E-state index in [9.17, 15) is 9.59 Å². The first kappa shape index (κ1) is 11.8. The molecule has 0 saturated heterocycles. The van der Waals surface area contributed by atoms with Gasteiger partial charge in [0.1, 0.15) is 17.2 Å². The zero-order valence-electron chi connectivity index (χ0n) is 8.81. The Morgan fingerprint density at radius 3 is 1.94 bits per heavy atom. The van der Waals surface area contributed by atoms with Gasteiger partial charge in [-0.1, -0.05) is 0 Å². The van der Waals surface area contributed by atoms with Gasteiger partial charge in [-0.3, -0.25) is 4.79 Å². The molecule has 0 radical (unpaired) electrons. The van der Waals surface area contributed by atoms with Gasteiger partial charge >= 0.3 is 5.97 Å². The summed E-state index contributed by atoms with van der Waals surface area (Å²) in [6.07, 6.45) is 0. The van der Waals surface area contributed by atoms with Crippen LogP contribution in [0.4, 0.5) is 5.69 Å². The number of nitrogens with two attached hydrogens (primary N) is 1. The molecule has 0 atom stereocenters. The van der Waals surface area contributed by atoms with Crippen molar-refractivity contribution in [1.82, 2.24) is 0 Å². The zero-order chi connectivity index (χ0) is 12.3. The van der Waals surface area contributed by atoms with Crippen LogP contribution in [0, 0.1) is 0 Å². The lowest BCUT2D eigenvalue weighted by molar-refractivity contribution is -0.131. The Morgan fingerprint density at radius 2 is 1.62 bits per heavy atom. The predicted molar refractivity (Wildman–Crippen MR) is 55.9 cm³/mol. The van der Waals surface area contributed by atoms with Crippen molar-refractivity contribution in [3.8, 4) is 11.5 Å². The second kappa shape index (κ2) is 4.52. The number of ketones is 1. The summed E-state index contributed by atoms with van der Waals surface area (Å²) in [6, 6.07) is 2.52. The van der Waals surface area contributed by atoms with Crippen molar-refractivity contribution in [3.05, 3.63) is 17.7 Å². The maximum Gasteiger partial charge on any atom is 0.377 e. The first-order chi connectivity index (χ1) is 7.51. The molecule has 1 rings (SSSR count). The molecule has 0 amide bonds. The molecule has 0 heterocycles. The molecule has 0 aromatic heterocycles. The van der Waals surface area contributed by atoms with Crippen molar-refractivity contribution >= 4 is 17.4 Å². The van der Waals surface area contributed by atoms with Crippen LogP contribution in [0.25, 0.3) is 0 Å². The number of carboxylic acids is 1. The minimum Gasteiger partial charge on any atom is -0.494 e. The molecule has 0 unspecified atom stereocenters. The molecule has 6 nitrogen and oxygen atoms in total. The summed E-state index contributed by atoms with van der Waals surface area (Å²) < 4.78 is 9.82. The second-order valence-corrected chi connectivity index (χ2v) is 2.93. The van der Waals surface area contributed by atoms with E-state index in [4.69, 9.17) is 20.3 Å². The minimum absolute atomic E-state index is 0.0459. The smallest absolute Gasteiger partial charge is 0.377 e. The van der Waals surface area contributed by atoms with Gasteiger partial charge in [0, 0.05) is 5.56 Å². The highest BCUT2D eigenvalue weighted by molar-refractivity contribution is 6.40. The summed E-state index contributed by atoms with van der Waals surface area (Å²) in [5.74, 6) is -2.20. The average molecular weight is 225 g/mol. The average Bonchev–Trinajstić information content (AvgIpc) is 2.28. The number of aliphatic carboxylic acids is 1. The number of carbonyl (C=O) groups is 2. The van der Waals surface area contributed by atoms with E-state index in [0.717, 1.165) is 0 Å². The number of methoxy groups -OCH3 is 2. The van der Waals surface area contributed by atoms with Crippen molar-refractivity contribution in [2.24, 2.45) is 0 Å². The third kappa shape index (κ3) is 2.05. The van der Waals surface area contributed by atoms with Gasteiger partial charge in [-0.2, -0.15) is 0 Å². The zero-order valence-corrected chi connectivity index (χ0v) is 8.81. The summed E-state index contributed by atoms with van der Waals surface area (Å²) in [5, 5.41) is 8.57. The third-order valence-corrected chi connectivity index (χ3v) is 2.00. The molecular formula is C10H11NO5. The van der Waals surface area contributed by atoms with Crippen LogP contribution in [0.15, 0.2) is 12.1 Å². The molecule has 0 aliphatic heterocycles. The van der Waals surface area contributed by atoms with Gasteiger partial charge < -0.3 is 20.3 Å². The molecule has 3 N–H and O–H groups in total. The SMILES string of the molecule is COc1cc(C(=O)C(=O)O)cc(OC)c1N. The van der Waals surface area contributed by atoms with Crippen LogP contribution in [0.1, 0.15) is 10.4 Å². The van der Waals surface area contributed by atoms with Gasteiger partial charge in [-0.05, 0) is 12.1 Å². The van der Waals surface area contributed by atoms with Crippen LogP contribution in [0.2, 0.25) is 0 Å². The minimum atomic E-state index is -1.55. The lowest BCUT2D eigenvalue weighted by Gasteiger charge is -2.10. The summed E-state index contributed by atoms with van der Waals surface area (Å²) in [7, 11) is 2.72. The standard InChI is InChI=1S/C10H11NO5/c1-15-6-3-5(9(12)10(13)14)4-7(16-2)8(6)11/h3-4H,11H2,1-2H3,(H,13,14). The lowest BCUT2D eigenvalue weighted by Crippen LogP contribution is -2.13. The lowest BCUT2D eigenvalue weighted by atomic mass is 10.1. The summed E-state index contributed by atoms with van der Waals surface area (Å²) in [5.41, 5.74) is 5.81. The largest absolute Gasteiger partial charge is 0.494 e. The number of carbonyl (C=O) groups excluding carboxylic acids is 1. The van der Waals surface area contributed by atoms with Crippen LogP contribution in [0.5, 0.6) is 11.5 Å². The van der Waals surface area contributed by atoms with Crippen molar-refractivity contribution < 1.29 is 24.2 Å². The number of ether oxygens (including phenoxy) is 2. The fourth-order valence-corrected chi connectivity index (χ4v) is 1.19. The fraction of sp³-hybridized carbons (Fsp3) is 0.200. The highest BCUT2D eigenvalue weighted by atomic mass is 16.5. The van der Waals surface area contributed by atoms with E-state index in [2.05, 4.69) is 0 Å². The van der Waals surface area contributed by atoms with Gasteiger partial charge in [0.2, 0.25) is 0 Å². The molecule has 0 aliphatic carbocycles. The Hall–Kier alpha value is -2.24. The van der Waals surface area contributed by atoms with Crippen LogP contribution in [0.3, 0.4) is 0 Å². The number of carboxylic acid groups (broad SMARTS) is 1. The normalized spacial score (nSPS) is 9.62. The molecular weight excluding hydrogens is 214 g/mol. The topological polar surface area (TPSA) is 98.9 Å². The number of nitrogen functional groups attached to an aromatic ring is 1. The fourth-order valence-electron chi connectivity index (χ4n) is 1.19. The van der Waals surface area contributed by atoms with E-state index in [1.165, 1.54) is 26.4 Å². The molecule has 0 bridgehead atoms. The Kier molecular flexibility index (Phi) is 3.34. The van der Waals surface area contributed by atoms with E-state index in [0.29, 0.717) is 0 Å². The molecule has 1 aromatic rings. The van der Waals surface area contributed by atoms with E-state index < -0.39 is 11.8 Å². The van der Waals surface area contributed by atoms with E-state index in [1.54, 1.807) is 0 Å². The quantitative estimate of drug-likeness (QED) is 0.441. The monoisotopic (exact) mass is 225 g/mol. The van der Waals surface area contributed by atoms with Gasteiger partial charge in [-0.25, -0.2) is 4.79 Å². The molecule has 0 fully saturated rings. The van der Waals surface area contributed by atoms with Crippen LogP contribution >= 0.6 is 0 Å². The van der Waals surface area contributed by atoms with Gasteiger partial charge in [0.25, 0.3) is 5.78 Å². The molecule has 0 spiro atoms. The summed E-state index contributed by atoms with van der Waals surface area (Å²) >= 11 is 0. The van der Waals surface area contributed by atoms with E-state index in [-0.39, 0.29) is 22.7 Å². The summed E-state index contributed by atoms with van der Waals surface area (Å²) in [6.45, 7) is 0. The Morgan fingerprint density at radius 1 is 1.19 bits per heavy atom. The van der Waals surface area contributed by atoms with E-state index >= 15 is 0 Å². The Labute approximate surface area is 91.6 Å². The molecule has 0 aliphatic rings. The van der Waals surface area contributed by atoms with Gasteiger partial charge in [0.15, 0.2) is 0 Å². The summed E-state index contributed by atoms with van der Waals surface area (Å²) in [4.78, 5) is 21.8. The molecule has 0 saturated carbocycles. The number of benzene rings is 1. The number of hydrogen-bond donors (Lipinski definition) is 2. The highest BCUT2D eigenvalue weighted by Crippen LogP contribution is 2.33. The van der Waals surface area contributed by atoms with Gasteiger partial charge in [0.05, 0.1) is 14.2 Å². The molecule has 86 valence electrons. The second-order valence-electron chi connectivity index (χ2n) is 2.93. The highest BCUT2D eigenvalue weighted by Gasteiger charge is 2.19. The maximum absolute atomic E-state index is 11.2. The molecule has 1 aromatic carbocycles. The number of Topliss-reactive ketones (excluding diaryl/α,β-unsaturated/α-hetero) is 1. The van der Waals surface area contributed by atoms with Crippen LogP contribution in [-0.4, -0.2) is 31.1 Å². The molecule has 6 heteroatoms. The maximum atomic E-state index is 11.2. The number of hydrogen-bond acceptors (Lipinski definition) is 5. The van der Waals surface area contributed by atoms with Crippen LogP contribution in [-0.2, 0) is 4.79 Å². The number of anilines is 1. The molecule has 16 heavy (non-hydrogen) atoms. The Bertz CT molecular complexity index is 416. The Balaban J connectivity index is 3.32. The van der Waals surface area contributed by atoms with Gasteiger partial charge in [-0.15, -0.1) is 0 Å². The van der Waals surface area contributed by atoms with Crippen molar-refractivity contribution in [2.45, 2.75) is 0 Å². The van der Waals surface area contributed by atoms with Crippen molar-refractivity contribution in [1.29, 1.82) is 0 Å². The van der Waals surface area contributed by atoms with Crippen molar-refractivity contribution in [2.75, 3.05) is 20.0 Å². The van der Waals surface area contributed by atoms with Crippen molar-refractivity contribution in [3.63, 3.8) is 0 Å². The number of rotatable bonds is 4. The first-order valence-electron chi connectivity index (χ1n) is 4.30.